The molecule has 0 saturated carbocycles. The van der Waals surface area contributed by atoms with Crippen LogP contribution in [0.5, 0.6) is 0 Å². The van der Waals surface area contributed by atoms with Gasteiger partial charge in [0.2, 0.25) is 15.9 Å². The number of anilines is 2. The van der Waals surface area contributed by atoms with Gasteiger partial charge in [-0.25, -0.2) is 22.0 Å². The topological polar surface area (TPSA) is 92.8 Å². The van der Waals surface area contributed by atoms with Crippen LogP contribution in [0.15, 0.2) is 42.5 Å². The maximum atomic E-state index is 13.6. The minimum atomic E-state index is -3.99. The van der Waals surface area contributed by atoms with E-state index in [9.17, 15) is 26.8 Å². The molecule has 29 heavy (non-hydrogen) atoms. The molecule has 1 amide bonds. The van der Waals surface area contributed by atoms with Crippen LogP contribution >= 0.6 is 0 Å². The van der Waals surface area contributed by atoms with Crippen molar-refractivity contribution in [2.24, 2.45) is 0 Å². The fraction of sp³-hybridized carbons (Fsp3) is 0.263. The standard InChI is InChI=1S/C19H20F2N2O5S/c1-4-28-19(25)13-5-7-14(8-6-13)22-18(24)12(2)23(29(3,26)27)15-9-10-16(20)17(21)11-15/h5-12H,4H2,1-3H3,(H,22,24). The van der Waals surface area contributed by atoms with E-state index in [0.29, 0.717) is 16.1 Å². The molecule has 0 fully saturated rings. The van der Waals surface area contributed by atoms with Crippen LogP contribution in [0.2, 0.25) is 0 Å². The van der Waals surface area contributed by atoms with Crippen molar-refractivity contribution in [1.29, 1.82) is 0 Å². The number of hydrogen-bond donors (Lipinski definition) is 1. The number of amides is 1. The van der Waals surface area contributed by atoms with Crippen molar-refractivity contribution in [2.45, 2.75) is 19.9 Å². The third-order valence-electron chi connectivity index (χ3n) is 3.91. The van der Waals surface area contributed by atoms with Gasteiger partial charge in [0.05, 0.1) is 24.1 Å². The van der Waals surface area contributed by atoms with Crippen LogP contribution in [0.1, 0.15) is 24.2 Å². The molecule has 0 spiro atoms. The average Bonchev–Trinajstić information content (AvgIpc) is 2.64. The monoisotopic (exact) mass is 426 g/mol. The molecule has 2 rings (SSSR count). The molecule has 1 unspecified atom stereocenters. The lowest BCUT2D eigenvalue weighted by Crippen LogP contribution is -2.45. The molecule has 0 saturated heterocycles. The zero-order chi connectivity index (χ0) is 21.8. The molecule has 0 radical (unpaired) electrons. The quantitative estimate of drug-likeness (QED) is 0.688. The smallest absolute Gasteiger partial charge is 0.338 e. The lowest BCUT2D eigenvalue weighted by atomic mass is 10.2. The minimum Gasteiger partial charge on any atom is -0.462 e. The van der Waals surface area contributed by atoms with E-state index in [4.69, 9.17) is 4.74 Å². The predicted octanol–water partition coefficient (Wildman–Crippen LogP) is 2.93. The summed E-state index contributed by atoms with van der Waals surface area (Å²) in [6, 6.07) is 7.09. The number of carbonyl (C=O) groups is 2. The van der Waals surface area contributed by atoms with Gasteiger partial charge in [-0.05, 0) is 50.2 Å². The van der Waals surface area contributed by atoms with Gasteiger partial charge in [-0.1, -0.05) is 0 Å². The molecule has 2 aromatic carbocycles. The Morgan fingerprint density at radius 1 is 1.10 bits per heavy atom. The summed E-state index contributed by atoms with van der Waals surface area (Å²) < 4.78 is 56.7. The molecule has 0 bridgehead atoms. The molecule has 0 aliphatic carbocycles. The first-order chi connectivity index (χ1) is 13.5. The highest BCUT2D eigenvalue weighted by Crippen LogP contribution is 2.24. The zero-order valence-corrected chi connectivity index (χ0v) is 16.8. The molecule has 0 aromatic heterocycles. The number of benzene rings is 2. The van der Waals surface area contributed by atoms with E-state index in [1.807, 2.05) is 0 Å². The number of rotatable bonds is 7. The number of nitrogens with one attached hydrogen (secondary N) is 1. The van der Waals surface area contributed by atoms with Gasteiger partial charge < -0.3 is 10.1 Å². The fourth-order valence-electron chi connectivity index (χ4n) is 2.58. The molecule has 1 atom stereocenters. The van der Waals surface area contributed by atoms with Crippen molar-refractivity contribution in [3.8, 4) is 0 Å². The molecule has 10 heteroatoms. The van der Waals surface area contributed by atoms with Crippen molar-refractivity contribution in [2.75, 3.05) is 22.5 Å². The van der Waals surface area contributed by atoms with Gasteiger partial charge in [-0.2, -0.15) is 0 Å². The Bertz CT molecular complexity index is 1010. The Balaban J connectivity index is 2.23. The predicted molar refractivity (Wildman–Crippen MR) is 104 cm³/mol. The summed E-state index contributed by atoms with van der Waals surface area (Å²) in [5, 5.41) is 2.52. The van der Waals surface area contributed by atoms with Gasteiger partial charge >= 0.3 is 5.97 Å². The lowest BCUT2D eigenvalue weighted by Gasteiger charge is -2.28. The van der Waals surface area contributed by atoms with E-state index in [2.05, 4.69) is 5.32 Å². The number of hydrogen-bond acceptors (Lipinski definition) is 5. The first-order valence-corrected chi connectivity index (χ1v) is 10.4. The lowest BCUT2D eigenvalue weighted by molar-refractivity contribution is -0.116. The van der Waals surface area contributed by atoms with Crippen LogP contribution < -0.4 is 9.62 Å². The number of esters is 1. The fourth-order valence-corrected chi connectivity index (χ4v) is 3.75. The molecule has 0 aliphatic rings. The Labute approximate surface area is 167 Å². The average molecular weight is 426 g/mol. The van der Waals surface area contributed by atoms with Crippen molar-refractivity contribution in [1.82, 2.24) is 0 Å². The maximum Gasteiger partial charge on any atom is 0.338 e. The van der Waals surface area contributed by atoms with E-state index in [-0.39, 0.29) is 17.9 Å². The van der Waals surface area contributed by atoms with Gasteiger partial charge in [0.25, 0.3) is 0 Å². The summed E-state index contributed by atoms with van der Waals surface area (Å²) in [7, 11) is -3.99. The second-order valence-electron chi connectivity index (χ2n) is 6.12. The van der Waals surface area contributed by atoms with Crippen LogP contribution in [0.4, 0.5) is 20.2 Å². The van der Waals surface area contributed by atoms with Crippen LogP contribution in [0, 0.1) is 11.6 Å². The van der Waals surface area contributed by atoms with Gasteiger partial charge in [-0.15, -0.1) is 0 Å². The molecular formula is C19H20F2N2O5S. The van der Waals surface area contributed by atoms with E-state index >= 15 is 0 Å². The Morgan fingerprint density at radius 3 is 2.24 bits per heavy atom. The first-order valence-electron chi connectivity index (χ1n) is 8.57. The van der Waals surface area contributed by atoms with Crippen LogP contribution in [-0.4, -0.2) is 39.2 Å². The summed E-state index contributed by atoms with van der Waals surface area (Å²) >= 11 is 0. The first kappa shape index (κ1) is 22.3. The highest BCUT2D eigenvalue weighted by molar-refractivity contribution is 7.92. The van der Waals surface area contributed by atoms with E-state index in [1.54, 1.807) is 6.92 Å². The molecule has 7 nitrogen and oxygen atoms in total. The van der Waals surface area contributed by atoms with Gasteiger partial charge in [0.1, 0.15) is 6.04 Å². The van der Waals surface area contributed by atoms with Crippen molar-refractivity contribution in [3.05, 3.63) is 59.7 Å². The summed E-state index contributed by atoms with van der Waals surface area (Å²) in [5.41, 5.74) is 0.415. The number of carbonyl (C=O) groups excluding carboxylic acids is 2. The second-order valence-corrected chi connectivity index (χ2v) is 7.98. The Kier molecular flexibility index (Phi) is 6.91. The molecule has 0 aliphatic heterocycles. The largest absolute Gasteiger partial charge is 0.462 e. The third-order valence-corrected chi connectivity index (χ3v) is 5.15. The van der Waals surface area contributed by atoms with E-state index in [1.165, 1.54) is 31.2 Å². The molecule has 1 N–H and O–H groups in total. The molecule has 156 valence electrons. The summed E-state index contributed by atoms with van der Waals surface area (Å²) in [6.45, 7) is 3.21. The van der Waals surface area contributed by atoms with Gasteiger partial charge in [-0.3, -0.25) is 9.10 Å². The number of halogens is 2. The van der Waals surface area contributed by atoms with Crippen LogP contribution in [0.25, 0.3) is 0 Å². The van der Waals surface area contributed by atoms with Gasteiger partial charge in [0, 0.05) is 11.8 Å². The number of sulfonamides is 1. The highest BCUT2D eigenvalue weighted by atomic mass is 32.2. The highest BCUT2D eigenvalue weighted by Gasteiger charge is 2.30. The van der Waals surface area contributed by atoms with Crippen molar-refractivity contribution in [3.63, 3.8) is 0 Å². The SMILES string of the molecule is CCOC(=O)c1ccc(NC(=O)C(C)N(c2ccc(F)c(F)c2)S(C)(=O)=O)cc1. The maximum absolute atomic E-state index is 13.6. The second kappa shape index (κ2) is 8.99. The van der Waals surface area contributed by atoms with E-state index < -0.39 is 39.6 Å². The zero-order valence-electron chi connectivity index (χ0n) is 16.0. The minimum absolute atomic E-state index is 0.188. The molecule has 2 aromatic rings. The number of nitrogens with zero attached hydrogens (tertiary/aromatic N) is 1. The summed E-state index contributed by atoms with van der Waals surface area (Å²) in [6.07, 6.45) is 0.853. The van der Waals surface area contributed by atoms with E-state index in [0.717, 1.165) is 18.4 Å². The normalized spacial score (nSPS) is 12.2. The van der Waals surface area contributed by atoms with Crippen molar-refractivity contribution < 1.29 is 31.5 Å². The number of ether oxygens (including phenoxy) is 1. The van der Waals surface area contributed by atoms with Crippen molar-refractivity contribution >= 4 is 33.3 Å². The van der Waals surface area contributed by atoms with Gasteiger partial charge in [0.15, 0.2) is 11.6 Å². The van der Waals surface area contributed by atoms with Crippen LogP contribution in [0.3, 0.4) is 0 Å². The third kappa shape index (κ3) is 5.50. The Morgan fingerprint density at radius 2 is 1.72 bits per heavy atom. The Hall–Kier alpha value is -3.01. The summed E-state index contributed by atoms with van der Waals surface area (Å²) in [5.74, 6) is -3.59. The van der Waals surface area contributed by atoms with Crippen LogP contribution in [-0.2, 0) is 19.6 Å². The molecule has 0 heterocycles. The summed E-state index contributed by atoms with van der Waals surface area (Å²) in [4.78, 5) is 24.2. The molecular weight excluding hydrogens is 406 g/mol.